The summed E-state index contributed by atoms with van der Waals surface area (Å²) in [4.78, 5) is 0.529. The molecule has 0 aliphatic carbocycles. The molecule has 3 rings (SSSR count). The third-order valence-electron chi connectivity index (χ3n) is 3.72. The number of methoxy groups -OCH3 is 2. The van der Waals surface area contributed by atoms with E-state index in [9.17, 15) is 8.42 Å². The largest absolute Gasteiger partial charge is 0.497 e. The van der Waals surface area contributed by atoms with Gasteiger partial charge in [0.15, 0.2) is 0 Å². The van der Waals surface area contributed by atoms with Gasteiger partial charge < -0.3 is 14.0 Å². The monoisotopic (exact) mass is 456 g/mol. The van der Waals surface area contributed by atoms with Gasteiger partial charge in [0.25, 0.3) is 10.0 Å². The molecule has 0 fully saturated rings. The standard InChI is InChI=1S/C17H17BrN2O4S2/c1-23-10-9-20-15-8-3-12(18)11-16(15)25-17(20)19-26(21,22)14-6-4-13(24-2)5-7-14/h3-8,11H,9-10H2,1-2H3. The molecule has 3 aromatic rings. The lowest BCUT2D eigenvalue weighted by Gasteiger charge is -2.05. The maximum absolute atomic E-state index is 12.7. The molecule has 0 bridgehead atoms. The number of hydrogen-bond donors (Lipinski definition) is 0. The van der Waals surface area contributed by atoms with Crippen LogP contribution < -0.4 is 9.54 Å². The van der Waals surface area contributed by atoms with Crippen molar-refractivity contribution in [1.29, 1.82) is 0 Å². The normalized spacial score (nSPS) is 12.7. The van der Waals surface area contributed by atoms with Crippen LogP contribution in [0.4, 0.5) is 0 Å². The van der Waals surface area contributed by atoms with Gasteiger partial charge in [-0.05, 0) is 42.5 Å². The lowest BCUT2D eigenvalue weighted by Crippen LogP contribution is -2.19. The molecule has 26 heavy (non-hydrogen) atoms. The maximum Gasteiger partial charge on any atom is 0.285 e. The number of thiazole rings is 1. The number of sulfonamides is 1. The Morgan fingerprint density at radius 3 is 2.54 bits per heavy atom. The summed E-state index contributed by atoms with van der Waals surface area (Å²) in [6, 6.07) is 12.0. The van der Waals surface area contributed by atoms with Crippen LogP contribution in [-0.2, 0) is 21.3 Å². The number of halogens is 1. The molecule has 0 aliphatic rings. The summed E-state index contributed by atoms with van der Waals surface area (Å²) in [5, 5.41) is 0. The number of ether oxygens (including phenoxy) is 2. The minimum atomic E-state index is -3.84. The van der Waals surface area contributed by atoms with E-state index in [1.807, 2.05) is 22.8 Å². The molecule has 0 N–H and O–H groups in total. The average Bonchev–Trinajstić information content (AvgIpc) is 2.95. The molecular formula is C17H17BrN2O4S2. The van der Waals surface area contributed by atoms with E-state index >= 15 is 0 Å². The second-order valence-corrected chi connectivity index (χ2v) is 8.91. The highest BCUT2D eigenvalue weighted by Crippen LogP contribution is 2.23. The summed E-state index contributed by atoms with van der Waals surface area (Å²) in [7, 11) is -0.700. The van der Waals surface area contributed by atoms with Crippen LogP contribution in [0, 0.1) is 0 Å². The van der Waals surface area contributed by atoms with E-state index < -0.39 is 10.0 Å². The van der Waals surface area contributed by atoms with E-state index in [1.54, 1.807) is 19.2 Å². The van der Waals surface area contributed by atoms with Crippen LogP contribution in [0.25, 0.3) is 10.2 Å². The summed E-state index contributed by atoms with van der Waals surface area (Å²) in [6.07, 6.45) is 0. The molecule has 2 aromatic carbocycles. The van der Waals surface area contributed by atoms with E-state index in [0.717, 1.165) is 14.7 Å². The fourth-order valence-corrected chi connectivity index (χ4v) is 5.23. The van der Waals surface area contributed by atoms with Crippen molar-refractivity contribution in [2.75, 3.05) is 20.8 Å². The zero-order valence-corrected chi connectivity index (χ0v) is 17.4. The third kappa shape index (κ3) is 4.01. The van der Waals surface area contributed by atoms with Gasteiger partial charge in [-0.15, -0.1) is 4.40 Å². The third-order valence-corrected chi connectivity index (χ3v) is 6.65. The smallest absolute Gasteiger partial charge is 0.285 e. The number of benzene rings is 2. The van der Waals surface area contributed by atoms with E-state index in [4.69, 9.17) is 9.47 Å². The molecule has 1 aromatic heterocycles. The van der Waals surface area contributed by atoms with Gasteiger partial charge in [-0.3, -0.25) is 0 Å². The Kier molecular flexibility index (Phi) is 5.81. The first-order valence-corrected chi connectivity index (χ1v) is 10.7. The van der Waals surface area contributed by atoms with Gasteiger partial charge in [0.1, 0.15) is 5.75 Å². The number of rotatable bonds is 6. The van der Waals surface area contributed by atoms with Crippen molar-refractivity contribution in [2.24, 2.45) is 4.40 Å². The maximum atomic E-state index is 12.7. The van der Waals surface area contributed by atoms with Crippen molar-refractivity contribution in [3.8, 4) is 5.75 Å². The molecule has 6 nitrogen and oxygen atoms in total. The highest BCUT2D eigenvalue weighted by molar-refractivity contribution is 9.10. The molecule has 0 atom stereocenters. The van der Waals surface area contributed by atoms with Gasteiger partial charge in [-0.1, -0.05) is 27.3 Å². The van der Waals surface area contributed by atoms with E-state index in [1.165, 1.54) is 30.6 Å². The number of aromatic nitrogens is 1. The molecule has 0 amide bonds. The average molecular weight is 457 g/mol. The number of fused-ring (bicyclic) bond motifs is 1. The summed E-state index contributed by atoms with van der Waals surface area (Å²) < 4.78 is 43.5. The zero-order chi connectivity index (χ0) is 18.7. The van der Waals surface area contributed by atoms with E-state index in [2.05, 4.69) is 20.3 Å². The van der Waals surface area contributed by atoms with Crippen molar-refractivity contribution in [3.05, 3.63) is 51.7 Å². The van der Waals surface area contributed by atoms with Crippen molar-refractivity contribution >= 4 is 47.5 Å². The van der Waals surface area contributed by atoms with Crippen LogP contribution in [0.5, 0.6) is 5.75 Å². The van der Waals surface area contributed by atoms with E-state index in [0.29, 0.717) is 23.7 Å². The Labute approximate surface area is 163 Å². The molecule has 0 radical (unpaired) electrons. The molecular weight excluding hydrogens is 440 g/mol. The minimum absolute atomic E-state index is 0.121. The van der Waals surface area contributed by atoms with Crippen molar-refractivity contribution in [3.63, 3.8) is 0 Å². The molecule has 9 heteroatoms. The van der Waals surface area contributed by atoms with Gasteiger partial charge in [0.05, 0.1) is 28.8 Å². The Bertz CT molecular complexity index is 1090. The Hall–Kier alpha value is -1.68. The lowest BCUT2D eigenvalue weighted by molar-refractivity contribution is 0.187. The second kappa shape index (κ2) is 7.91. The highest BCUT2D eigenvalue weighted by Gasteiger charge is 2.15. The summed E-state index contributed by atoms with van der Waals surface area (Å²) in [6.45, 7) is 0.965. The van der Waals surface area contributed by atoms with Crippen LogP contribution >= 0.6 is 27.3 Å². The molecule has 0 saturated carbocycles. The number of nitrogens with zero attached hydrogens (tertiary/aromatic N) is 2. The first-order valence-electron chi connectivity index (χ1n) is 7.67. The van der Waals surface area contributed by atoms with Gasteiger partial charge in [-0.2, -0.15) is 8.42 Å². The molecule has 0 unspecified atom stereocenters. The first-order chi connectivity index (χ1) is 12.4. The summed E-state index contributed by atoms with van der Waals surface area (Å²) in [5.74, 6) is 0.589. The second-order valence-electron chi connectivity index (χ2n) is 5.38. The van der Waals surface area contributed by atoms with Crippen LogP contribution in [0.3, 0.4) is 0 Å². The molecule has 0 saturated heterocycles. The first kappa shape index (κ1) is 19.1. The van der Waals surface area contributed by atoms with Gasteiger partial charge in [-0.25, -0.2) is 0 Å². The van der Waals surface area contributed by atoms with Crippen LogP contribution in [0.2, 0.25) is 0 Å². The summed E-state index contributed by atoms with van der Waals surface area (Å²) in [5.41, 5.74) is 0.916. The highest BCUT2D eigenvalue weighted by atomic mass is 79.9. The minimum Gasteiger partial charge on any atom is -0.497 e. The fourth-order valence-electron chi connectivity index (χ4n) is 2.42. The molecule has 138 valence electrons. The zero-order valence-electron chi connectivity index (χ0n) is 14.2. The molecule has 0 aliphatic heterocycles. The predicted molar refractivity (Wildman–Crippen MR) is 105 cm³/mol. The van der Waals surface area contributed by atoms with Crippen LogP contribution in [-0.4, -0.2) is 33.8 Å². The van der Waals surface area contributed by atoms with E-state index in [-0.39, 0.29) is 4.90 Å². The summed E-state index contributed by atoms with van der Waals surface area (Å²) >= 11 is 4.77. The predicted octanol–water partition coefficient (Wildman–Crippen LogP) is 3.41. The van der Waals surface area contributed by atoms with Crippen LogP contribution in [0.15, 0.2) is 56.2 Å². The number of hydrogen-bond acceptors (Lipinski definition) is 5. The Morgan fingerprint density at radius 2 is 1.88 bits per heavy atom. The fraction of sp³-hybridized carbons (Fsp3) is 0.235. The van der Waals surface area contributed by atoms with Gasteiger partial charge in [0, 0.05) is 18.1 Å². The molecule has 1 heterocycles. The lowest BCUT2D eigenvalue weighted by atomic mass is 10.3. The SMILES string of the molecule is COCCn1c(=NS(=O)(=O)c2ccc(OC)cc2)sc2cc(Br)ccc21. The topological polar surface area (TPSA) is 69.9 Å². The van der Waals surface area contributed by atoms with Gasteiger partial charge in [0.2, 0.25) is 4.80 Å². The van der Waals surface area contributed by atoms with Crippen molar-refractivity contribution < 1.29 is 17.9 Å². The van der Waals surface area contributed by atoms with Crippen LogP contribution in [0.1, 0.15) is 0 Å². The quantitative estimate of drug-likeness (QED) is 0.569. The van der Waals surface area contributed by atoms with Crippen molar-refractivity contribution in [2.45, 2.75) is 11.4 Å². The van der Waals surface area contributed by atoms with Gasteiger partial charge >= 0.3 is 0 Å². The Morgan fingerprint density at radius 1 is 1.15 bits per heavy atom. The Balaban J connectivity index is 2.15. The van der Waals surface area contributed by atoms with Crippen molar-refractivity contribution in [1.82, 2.24) is 4.57 Å². The molecule has 0 spiro atoms.